The summed E-state index contributed by atoms with van der Waals surface area (Å²) in [5, 5.41) is 8.65. The van der Waals surface area contributed by atoms with Gasteiger partial charge in [-0.1, -0.05) is 18.7 Å². The van der Waals surface area contributed by atoms with E-state index in [0.29, 0.717) is 11.7 Å². The molecule has 0 spiro atoms. The highest BCUT2D eigenvalue weighted by Crippen LogP contribution is 2.23. The molecule has 1 aliphatic rings. The van der Waals surface area contributed by atoms with E-state index in [4.69, 9.17) is 5.73 Å². The number of thioether (sulfide) groups is 1. The van der Waals surface area contributed by atoms with Crippen molar-refractivity contribution in [2.24, 2.45) is 5.92 Å². The first-order valence-corrected chi connectivity index (χ1v) is 8.08. The zero-order valence-electron chi connectivity index (χ0n) is 12.4. The van der Waals surface area contributed by atoms with E-state index in [1.165, 1.54) is 11.8 Å². The molecule has 1 fully saturated rings. The molecule has 7 heteroatoms. The van der Waals surface area contributed by atoms with Crippen LogP contribution in [0.2, 0.25) is 0 Å². The van der Waals surface area contributed by atoms with Crippen LogP contribution < -0.4 is 5.73 Å². The van der Waals surface area contributed by atoms with E-state index in [9.17, 15) is 4.79 Å². The molecule has 1 amide bonds. The van der Waals surface area contributed by atoms with Gasteiger partial charge in [-0.15, -0.1) is 10.2 Å². The molecular formula is C13H23N5OS. The first-order chi connectivity index (χ1) is 9.49. The Morgan fingerprint density at radius 1 is 1.40 bits per heavy atom. The monoisotopic (exact) mass is 297 g/mol. The molecule has 0 atom stereocenters. The van der Waals surface area contributed by atoms with Crippen molar-refractivity contribution >= 4 is 23.6 Å². The molecule has 1 aromatic rings. The van der Waals surface area contributed by atoms with Gasteiger partial charge >= 0.3 is 0 Å². The first kappa shape index (κ1) is 15.2. The van der Waals surface area contributed by atoms with Gasteiger partial charge in [0.05, 0.1) is 5.75 Å². The molecule has 0 aromatic carbocycles. The van der Waals surface area contributed by atoms with Crippen molar-refractivity contribution in [1.29, 1.82) is 0 Å². The predicted molar refractivity (Wildman–Crippen MR) is 80.5 cm³/mol. The van der Waals surface area contributed by atoms with Crippen molar-refractivity contribution in [2.75, 3.05) is 24.6 Å². The topological polar surface area (TPSA) is 77.0 Å². The van der Waals surface area contributed by atoms with Crippen molar-refractivity contribution in [1.82, 2.24) is 19.7 Å². The first-order valence-electron chi connectivity index (χ1n) is 7.10. The maximum atomic E-state index is 12.2. The largest absolute Gasteiger partial charge is 0.368 e. The molecule has 2 heterocycles. The fourth-order valence-electron chi connectivity index (χ4n) is 2.35. The highest BCUT2D eigenvalue weighted by Gasteiger charge is 2.21. The van der Waals surface area contributed by atoms with E-state index >= 15 is 0 Å². The second-order valence-corrected chi connectivity index (χ2v) is 6.60. The SMILES string of the molecule is CC1CCN(C(=O)CSc2nnc(N)n2C(C)C)CC1. The second-order valence-electron chi connectivity index (χ2n) is 5.66. The number of rotatable bonds is 4. The lowest BCUT2D eigenvalue weighted by atomic mass is 9.99. The lowest BCUT2D eigenvalue weighted by molar-refractivity contribution is -0.129. The summed E-state index contributed by atoms with van der Waals surface area (Å²) in [5.74, 6) is 1.72. The van der Waals surface area contributed by atoms with Crippen molar-refractivity contribution in [3.05, 3.63) is 0 Å². The van der Waals surface area contributed by atoms with Gasteiger partial charge in [0.2, 0.25) is 11.9 Å². The van der Waals surface area contributed by atoms with E-state index in [2.05, 4.69) is 17.1 Å². The molecule has 0 saturated carbocycles. The van der Waals surface area contributed by atoms with Crippen LogP contribution in [0, 0.1) is 5.92 Å². The summed E-state index contributed by atoms with van der Waals surface area (Å²) >= 11 is 1.42. The Hall–Kier alpha value is -1.24. The zero-order valence-corrected chi connectivity index (χ0v) is 13.2. The van der Waals surface area contributed by atoms with Crippen LogP contribution in [-0.4, -0.2) is 44.4 Å². The van der Waals surface area contributed by atoms with E-state index in [0.717, 1.165) is 37.0 Å². The average molecular weight is 297 g/mol. The number of aromatic nitrogens is 3. The molecule has 112 valence electrons. The predicted octanol–water partition coefficient (Wildman–Crippen LogP) is 1.79. The van der Waals surface area contributed by atoms with E-state index in [1.807, 2.05) is 23.3 Å². The Bertz CT molecular complexity index is 465. The van der Waals surface area contributed by atoms with Crippen LogP contribution in [0.15, 0.2) is 5.16 Å². The quantitative estimate of drug-likeness (QED) is 0.857. The number of nitrogens with two attached hydrogens (primary N) is 1. The summed E-state index contributed by atoms with van der Waals surface area (Å²) in [6, 6.07) is 0.193. The Balaban J connectivity index is 1.90. The van der Waals surface area contributed by atoms with Crippen LogP contribution in [0.5, 0.6) is 0 Å². The summed E-state index contributed by atoms with van der Waals surface area (Å²) in [5.41, 5.74) is 5.79. The van der Waals surface area contributed by atoms with Gasteiger partial charge in [0.25, 0.3) is 0 Å². The number of hydrogen-bond acceptors (Lipinski definition) is 5. The van der Waals surface area contributed by atoms with Gasteiger partial charge in [-0.2, -0.15) is 0 Å². The van der Waals surface area contributed by atoms with Crippen molar-refractivity contribution in [2.45, 2.75) is 44.8 Å². The minimum absolute atomic E-state index is 0.179. The van der Waals surface area contributed by atoms with Crippen molar-refractivity contribution in [3.63, 3.8) is 0 Å². The van der Waals surface area contributed by atoms with Gasteiger partial charge in [0.1, 0.15) is 0 Å². The Kier molecular flexibility index (Phi) is 4.91. The maximum absolute atomic E-state index is 12.2. The summed E-state index contributed by atoms with van der Waals surface area (Å²) in [7, 11) is 0. The number of likely N-dealkylation sites (tertiary alicyclic amines) is 1. The van der Waals surface area contributed by atoms with Gasteiger partial charge < -0.3 is 10.6 Å². The smallest absolute Gasteiger partial charge is 0.233 e. The number of carbonyl (C=O) groups excluding carboxylic acids is 1. The van der Waals surface area contributed by atoms with Gasteiger partial charge in [-0.25, -0.2) is 0 Å². The molecule has 2 N–H and O–H groups in total. The van der Waals surface area contributed by atoms with Crippen LogP contribution in [-0.2, 0) is 4.79 Å². The number of anilines is 1. The Morgan fingerprint density at radius 2 is 2.05 bits per heavy atom. The Labute approximate surface area is 124 Å². The maximum Gasteiger partial charge on any atom is 0.233 e. The summed E-state index contributed by atoms with van der Waals surface area (Å²) < 4.78 is 1.86. The van der Waals surface area contributed by atoms with Gasteiger partial charge in [-0.3, -0.25) is 9.36 Å². The summed E-state index contributed by atoms with van der Waals surface area (Å²) in [4.78, 5) is 14.1. The molecule has 0 aliphatic carbocycles. The van der Waals surface area contributed by atoms with Crippen LogP contribution in [0.4, 0.5) is 5.95 Å². The lowest BCUT2D eigenvalue weighted by Crippen LogP contribution is -2.38. The van der Waals surface area contributed by atoms with E-state index in [-0.39, 0.29) is 11.9 Å². The van der Waals surface area contributed by atoms with E-state index in [1.54, 1.807) is 0 Å². The highest BCUT2D eigenvalue weighted by atomic mass is 32.2. The molecular weight excluding hydrogens is 274 g/mol. The van der Waals surface area contributed by atoms with Crippen LogP contribution >= 0.6 is 11.8 Å². The molecule has 0 radical (unpaired) electrons. The highest BCUT2D eigenvalue weighted by molar-refractivity contribution is 7.99. The molecule has 1 saturated heterocycles. The molecule has 1 aliphatic heterocycles. The van der Waals surface area contributed by atoms with Crippen LogP contribution in [0.25, 0.3) is 0 Å². The van der Waals surface area contributed by atoms with Crippen LogP contribution in [0.1, 0.15) is 39.7 Å². The molecule has 2 rings (SSSR count). The number of amides is 1. The average Bonchev–Trinajstić information content (AvgIpc) is 2.78. The molecule has 0 bridgehead atoms. The molecule has 20 heavy (non-hydrogen) atoms. The van der Waals surface area contributed by atoms with Gasteiger partial charge in [0.15, 0.2) is 5.16 Å². The fourth-order valence-corrected chi connectivity index (χ4v) is 3.32. The number of nitrogen functional groups attached to an aromatic ring is 1. The summed E-state index contributed by atoms with van der Waals surface area (Å²) in [6.45, 7) is 8.04. The standard InChI is InChI=1S/C13H23N5OS/c1-9(2)18-12(14)15-16-13(18)20-8-11(19)17-6-4-10(3)5-7-17/h9-10H,4-8H2,1-3H3,(H2,14,15). The number of nitrogens with zero attached hydrogens (tertiary/aromatic N) is 4. The number of piperidine rings is 1. The van der Waals surface area contributed by atoms with Crippen LogP contribution in [0.3, 0.4) is 0 Å². The van der Waals surface area contributed by atoms with E-state index < -0.39 is 0 Å². The third-order valence-electron chi connectivity index (χ3n) is 3.67. The number of hydrogen-bond donors (Lipinski definition) is 1. The van der Waals surface area contributed by atoms with Crippen molar-refractivity contribution in [3.8, 4) is 0 Å². The Morgan fingerprint density at radius 3 is 2.65 bits per heavy atom. The zero-order chi connectivity index (χ0) is 14.7. The van der Waals surface area contributed by atoms with Gasteiger partial charge in [0, 0.05) is 19.1 Å². The molecule has 1 aromatic heterocycles. The normalized spacial score (nSPS) is 16.9. The molecule has 6 nitrogen and oxygen atoms in total. The second kappa shape index (κ2) is 6.47. The minimum Gasteiger partial charge on any atom is -0.368 e. The minimum atomic E-state index is 0.179. The molecule has 0 unspecified atom stereocenters. The fraction of sp³-hybridized carbons (Fsp3) is 0.769. The third-order valence-corrected chi connectivity index (χ3v) is 4.60. The van der Waals surface area contributed by atoms with Gasteiger partial charge in [-0.05, 0) is 32.6 Å². The summed E-state index contributed by atoms with van der Waals surface area (Å²) in [6.07, 6.45) is 2.21. The van der Waals surface area contributed by atoms with Crippen molar-refractivity contribution < 1.29 is 4.79 Å². The lowest BCUT2D eigenvalue weighted by Gasteiger charge is -2.30. The number of carbonyl (C=O) groups is 1. The third kappa shape index (κ3) is 3.45.